The fourth-order valence-corrected chi connectivity index (χ4v) is 5.14. The summed E-state index contributed by atoms with van der Waals surface area (Å²) in [5.41, 5.74) is 2.53. The van der Waals surface area contributed by atoms with Crippen LogP contribution in [0.3, 0.4) is 0 Å². The number of hydrogen-bond acceptors (Lipinski definition) is 5. The van der Waals surface area contributed by atoms with Crippen molar-refractivity contribution >= 4 is 16.0 Å². The number of sulfonamides is 1. The third-order valence-electron chi connectivity index (χ3n) is 4.94. The molecule has 0 heterocycles. The monoisotopic (exact) mass is 417 g/mol. The van der Waals surface area contributed by atoms with Crippen molar-refractivity contribution in [3.05, 3.63) is 59.2 Å². The summed E-state index contributed by atoms with van der Waals surface area (Å²) in [7, 11) is -3.66. The van der Waals surface area contributed by atoms with Gasteiger partial charge in [0.05, 0.1) is 4.90 Å². The Morgan fingerprint density at radius 2 is 1.79 bits per heavy atom. The van der Waals surface area contributed by atoms with E-state index < -0.39 is 16.0 Å². The highest BCUT2D eigenvalue weighted by molar-refractivity contribution is 7.89. The van der Waals surface area contributed by atoms with Crippen molar-refractivity contribution in [2.45, 2.75) is 63.3 Å². The van der Waals surface area contributed by atoms with E-state index in [2.05, 4.69) is 4.72 Å². The van der Waals surface area contributed by atoms with Crippen LogP contribution in [0.2, 0.25) is 0 Å². The Labute approximate surface area is 172 Å². The lowest BCUT2D eigenvalue weighted by Crippen LogP contribution is -2.36. The molecule has 7 heteroatoms. The minimum Gasteiger partial charge on any atom is -0.287 e. The number of fused-ring (bicyclic) bond motifs is 1. The smallest absolute Gasteiger partial charge is 0.287 e. The maximum absolute atomic E-state index is 13.1. The molecule has 1 aliphatic rings. The molecule has 3 rings (SSSR count). The first kappa shape index (κ1) is 21.3. The second-order valence-corrected chi connectivity index (χ2v) is 9.98. The number of nitrogens with one attached hydrogen (secondary N) is 1. The quantitative estimate of drug-likeness (QED) is 0.573. The fraction of sp³-hybridized carbons (Fsp3) is 0.409. The van der Waals surface area contributed by atoms with E-state index in [-0.39, 0.29) is 17.9 Å². The Kier molecular flexibility index (Phi) is 6.00. The topological polar surface area (TPSA) is 81.7 Å². The molecule has 0 aliphatic heterocycles. The zero-order chi connectivity index (χ0) is 21.2. The molecular formula is C22H27NO5S. The molecule has 0 bridgehead atoms. The molecule has 1 aliphatic carbocycles. The molecule has 0 saturated carbocycles. The molecule has 29 heavy (non-hydrogen) atoms. The largest absolute Gasteiger partial charge is 0.355 e. The zero-order valence-corrected chi connectivity index (χ0v) is 18.0. The van der Waals surface area contributed by atoms with Gasteiger partial charge in [-0.25, -0.2) is 17.9 Å². The van der Waals surface area contributed by atoms with Gasteiger partial charge in [-0.1, -0.05) is 52.0 Å². The highest BCUT2D eigenvalue weighted by Crippen LogP contribution is 2.31. The van der Waals surface area contributed by atoms with Gasteiger partial charge in [-0.15, -0.1) is 0 Å². The molecule has 0 fully saturated rings. The summed E-state index contributed by atoms with van der Waals surface area (Å²) in [4.78, 5) is 21.3. The normalized spacial score (nSPS) is 16.3. The van der Waals surface area contributed by atoms with E-state index in [1.165, 1.54) is 0 Å². The van der Waals surface area contributed by atoms with Gasteiger partial charge in [0.2, 0.25) is 10.0 Å². The fourth-order valence-electron chi connectivity index (χ4n) is 3.49. The molecule has 2 aromatic carbocycles. The van der Waals surface area contributed by atoms with Crippen molar-refractivity contribution in [2.24, 2.45) is 0 Å². The first-order chi connectivity index (χ1) is 13.6. The highest BCUT2D eigenvalue weighted by atomic mass is 32.2. The van der Waals surface area contributed by atoms with E-state index in [1.807, 2.05) is 39.0 Å². The molecule has 0 aromatic heterocycles. The first-order valence-corrected chi connectivity index (χ1v) is 11.2. The van der Waals surface area contributed by atoms with Crippen LogP contribution in [-0.2, 0) is 38.0 Å². The van der Waals surface area contributed by atoms with Crippen molar-refractivity contribution in [3.8, 4) is 5.75 Å². The molecule has 0 amide bonds. The molecule has 156 valence electrons. The Morgan fingerprint density at radius 3 is 2.48 bits per heavy atom. The van der Waals surface area contributed by atoms with Crippen LogP contribution >= 0.6 is 0 Å². The number of carbonyl (C=O) groups excluding carboxylic acids is 1. The maximum atomic E-state index is 13.1. The molecule has 6 nitrogen and oxygen atoms in total. The van der Waals surface area contributed by atoms with Crippen LogP contribution in [0.4, 0.5) is 0 Å². The molecule has 1 N–H and O–H groups in total. The minimum atomic E-state index is -3.66. The summed E-state index contributed by atoms with van der Waals surface area (Å²) >= 11 is 0. The summed E-state index contributed by atoms with van der Waals surface area (Å²) in [6.07, 6.45) is 1.37. The van der Waals surface area contributed by atoms with Crippen LogP contribution in [0, 0.1) is 0 Å². The van der Waals surface area contributed by atoms with Crippen LogP contribution in [0.15, 0.2) is 47.4 Å². The predicted octanol–water partition coefficient (Wildman–Crippen LogP) is 3.68. The lowest BCUT2D eigenvalue weighted by molar-refractivity contribution is -0.213. The average Bonchev–Trinajstić information content (AvgIpc) is 3.06. The van der Waals surface area contributed by atoms with Crippen molar-refractivity contribution in [1.82, 2.24) is 4.72 Å². The van der Waals surface area contributed by atoms with E-state index in [1.54, 1.807) is 31.2 Å². The Balaban J connectivity index is 1.74. The Hall–Kier alpha value is -2.38. The standard InChI is InChI=1S/C22H27NO5S/c1-5-21(24)28-27-18-11-10-15-12-17(13-16(15)14-18)23-29(25,26)20-9-7-6-8-19(20)22(2,3)4/h6-11,14,17,23H,5,12-13H2,1-4H3. The molecule has 0 radical (unpaired) electrons. The van der Waals surface area contributed by atoms with Crippen LogP contribution in [0.1, 0.15) is 50.8 Å². The first-order valence-electron chi connectivity index (χ1n) is 9.71. The number of carbonyl (C=O) groups is 1. The summed E-state index contributed by atoms with van der Waals surface area (Å²) in [5, 5.41) is 0. The van der Waals surface area contributed by atoms with Crippen molar-refractivity contribution in [2.75, 3.05) is 0 Å². The number of rotatable bonds is 6. The van der Waals surface area contributed by atoms with Gasteiger partial charge in [-0.05, 0) is 53.1 Å². The molecule has 0 spiro atoms. The van der Waals surface area contributed by atoms with Crippen molar-refractivity contribution < 1.29 is 23.0 Å². The van der Waals surface area contributed by atoms with Gasteiger partial charge < -0.3 is 0 Å². The van der Waals surface area contributed by atoms with Gasteiger partial charge in [-0.2, -0.15) is 0 Å². The van der Waals surface area contributed by atoms with Gasteiger partial charge in [0.1, 0.15) is 0 Å². The maximum Gasteiger partial charge on any atom is 0.355 e. The summed E-state index contributed by atoms with van der Waals surface area (Å²) < 4.78 is 29.0. The van der Waals surface area contributed by atoms with Gasteiger partial charge in [0.15, 0.2) is 5.75 Å². The lowest BCUT2D eigenvalue weighted by atomic mass is 9.87. The van der Waals surface area contributed by atoms with Gasteiger partial charge in [0.25, 0.3) is 0 Å². The van der Waals surface area contributed by atoms with Crippen molar-refractivity contribution in [1.29, 1.82) is 0 Å². The Bertz CT molecular complexity index is 1010. The van der Waals surface area contributed by atoms with Crippen LogP contribution in [-0.4, -0.2) is 20.4 Å². The van der Waals surface area contributed by atoms with E-state index in [4.69, 9.17) is 9.78 Å². The average molecular weight is 418 g/mol. The van der Waals surface area contributed by atoms with E-state index in [0.717, 1.165) is 16.7 Å². The van der Waals surface area contributed by atoms with Crippen LogP contribution in [0.5, 0.6) is 5.75 Å². The summed E-state index contributed by atoms with van der Waals surface area (Å²) in [6, 6.07) is 12.3. The van der Waals surface area contributed by atoms with E-state index in [9.17, 15) is 13.2 Å². The van der Waals surface area contributed by atoms with E-state index >= 15 is 0 Å². The van der Waals surface area contributed by atoms with Crippen LogP contribution in [0.25, 0.3) is 0 Å². The molecular weight excluding hydrogens is 390 g/mol. The van der Waals surface area contributed by atoms with Gasteiger partial charge >= 0.3 is 5.97 Å². The number of benzene rings is 2. The third kappa shape index (κ3) is 4.97. The highest BCUT2D eigenvalue weighted by Gasteiger charge is 2.30. The van der Waals surface area contributed by atoms with Gasteiger partial charge in [-0.3, -0.25) is 9.78 Å². The van der Waals surface area contributed by atoms with Crippen molar-refractivity contribution in [3.63, 3.8) is 0 Å². The molecule has 0 saturated heterocycles. The second kappa shape index (κ2) is 8.16. The third-order valence-corrected chi connectivity index (χ3v) is 6.51. The van der Waals surface area contributed by atoms with E-state index in [0.29, 0.717) is 23.5 Å². The zero-order valence-electron chi connectivity index (χ0n) is 17.2. The minimum absolute atomic E-state index is 0.227. The molecule has 1 unspecified atom stereocenters. The Morgan fingerprint density at radius 1 is 1.10 bits per heavy atom. The summed E-state index contributed by atoms with van der Waals surface area (Å²) in [6.45, 7) is 7.68. The SMILES string of the molecule is CCC(=O)OOc1ccc2c(c1)CC(NS(=O)(=O)c1ccccc1C(C)(C)C)C2. The number of hydrogen-bond donors (Lipinski definition) is 1. The molecule has 1 atom stereocenters. The summed E-state index contributed by atoms with van der Waals surface area (Å²) in [5.74, 6) is -0.0271. The second-order valence-electron chi connectivity index (χ2n) is 8.30. The van der Waals surface area contributed by atoms with Gasteiger partial charge in [0, 0.05) is 12.5 Å². The lowest BCUT2D eigenvalue weighted by Gasteiger charge is -2.23. The molecule has 2 aromatic rings. The predicted molar refractivity (Wildman–Crippen MR) is 110 cm³/mol. The van der Waals surface area contributed by atoms with Crippen LogP contribution < -0.4 is 9.61 Å².